The Kier molecular flexibility index (Phi) is 4.62. The Hall–Kier alpha value is -1.43. The number of pyridine rings is 1. The maximum absolute atomic E-state index is 11.9. The van der Waals surface area contributed by atoms with Crippen molar-refractivity contribution < 1.29 is 14.7 Å². The van der Waals surface area contributed by atoms with Gasteiger partial charge in [-0.1, -0.05) is 6.92 Å². The zero-order valence-electron chi connectivity index (χ0n) is 9.55. The van der Waals surface area contributed by atoms with Gasteiger partial charge in [-0.25, -0.2) is 4.98 Å². The molecule has 6 heteroatoms. The van der Waals surface area contributed by atoms with Gasteiger partial charge in [-0.05, 0) is 28.1 Å². The van der Waals surface area contributed by atoms with Gasteiger partial charge in [0.25, 0.3) is 5.91 Å². The summed E-state index contributed by atoms with van der Waals surface area (Å²) in [6, 6.07) is 3.31. The van der Waals surface area contributed by atoms with E-state index in [4.69, 9.17) is 5.11 Å². The molecule has 1 atom stereocenters. The summed E-state index contributed by atoms with van der Waals surface area (Å²) in [4.78, 5) is 27.9. The van der Waals surface area contributed by atoms with Crippen molar-refractivity contribution in [1.82, 2.24) is 9.88 Å². The van der Waals surface area contributed by atoms with E-state index in [0.29, 0.717) is 10.2 Å². The summed E-state index contributed by atoms with van der Waals surface area (Å²) in [5.74, 6) is -1.75. The number of carbonyl (C=O) groups excluding carboxylic acids is 1. The van der Waals surface area contributed by atoms with Gasteiger partial charge in [0.05, 0.1) is 11.5 Å². The summed E-state index contributed by atoms with van der Waals surface area (Å²) >= 11 is 3.18. The minimum atomic E-state index is -0.918. The maximum atomic E-state index is 11.9. The molecule has 92 valence electrons. The number of carboxylic acids is 1. The van der Waals surface area contributed by atoms with Crippen molar-refractivity contribution in [2.75, 3.05) is 13.6 Å². The molecule has 1 amide bonds. The quantitative estimate of drug-likeness (QED) is 0.858. The third-order valence-electron chi connectivity index (χ3n) is 2.29. The van der Waals surface area contributed by atoms with E-state index in [1.807, 2.05) is 0 Å². The van der Waals surface area contributed by atoms with E-state index in [-0.39, 0.29) is 12.5 Å². The van der Waals surface area contributed by atoms with Gasteiger partial charge in [-0.3, -0.25) is 9.59 Å². The van der Waals surface area contributed by atoms with Gasteiger partial charge in [-0.2, -0.15) is 0 Å². The normalized spacial score (nSPS) is 11.9. The molecule has 0 saturated carbocycles. The topological polar surface area (TPSA) is 70.5 Å². The van der Waals surface area contributed by atoms with Crippen LogP contribution in [0.15, 0.2) is 22.9 Å². The molecule has 17 heavy (non-hydrogen) atoms. The number of aliphatic carboxylic acids is 1. The van der Waals surface area contributed by atoms with Crippen LogP contribution in [0.2, 0.25) is 0 Å². The zero-order valence-corrected chi connectivity index (χ0v) is 11.1. The Morgan fingerprint density at radius 1 is 1.53 bits per heavy atom. The predicted octanol–water partition coefficient (Wildman–Crippen LogP) is 1.64. The number of hydrogen-bond acceptors (Lipinski definition) is 3. The van der Waals surface area contributed by atoms with Crippen LogP contribution in [0.1, 0.15) is 17.3 Å². The molecule has 0 aliphatic rings. The van der Waals surface area contributed by atoms with Crippen molar-refractivity contribution in [2.45, 2.75) is 6.92 Å². The van der Waals surface area contributed by atoms with Crippen molar-refractivity contribution in [2.24, 2.45) is 5.92 Å². The van der Waals surface area contributed by atoms with Gasteiger partial charge in [-0.15, -0.1) is 0 Å². The standard InChI is InChI=1S/C11H13BrN2O3/c1-7(11(16)17)6-14(2)10(15)8-3-4-9(12)13-5-8/h3-5,7H,6H2,1-2H3,(H,16,17). The smallest absolute Gasteiger partial charge is 0.308 e. The van der Waals surface area contributed by atoms with Crippen LogP contribution in [-0.2, 0) is 4.79 Å². The summed E-state index contributed by atoms with van der Waals surface area (Å²) in [7, 11) is 1.57. The number of halogens is 1. The Morgan fingerprint density at radius 2 is 2.18 bits per heavy atom. The fourth-order valence-corrected chi connectivity index (χ4v) is 1.53. The van der Waals surface area contributed by atoms with Crippen molar-refractivity contribution in [3.8, 4) is 0 Å². The lowest BCUT2D eigenvalue weighted by atomic mass is 10.1. The second-order valence-electron chi connectivity index (χ2n) is 3.79. The highest BCUT2D eigenvalue weighted by atomic mass is 79.9. The SMILES string of the molecule is CC(CN(C)C(=O)c1ccc(Br)nc1)C(=O)O. The molecular weight excluding hydrogens is 288 g/mol. The predicted molar refractivity (Wildman–Crippen MR) is 65.7 cm³/mol. The minimum absolute atomic E-state index is 0.171. The molecule has 0 radical (unpaired) electrons. The largest absolute Gasteiger partial charge is 0.481 e. The van der Waals surface area contributed by atoms with Crippen LogP contribution >= 0.6 is 15.9 Å². The van der Waals surface area contributed by atoms with E-state index in [9.17, 15) is 9.59 Å². The highest BCUT2D eigenvalue weighted by Crippen LogP contribution is 2.09. The first-order valence-electron chi connectivity index (χ1n) is 5.01. The lowest BCUT2D eigenvalue weighted by Crippen LogP contribution is -2.33. The lowest BCUT2D eigenvalue weighted by molar-refractivity contribution is -0.141. The number of rotatable bonds is 4. The molecule has 1 heterocycles. The van der Waals surface area contributed by atoms with Crippen LogP contribution in [0, 0.1) is 5.92 Å². The van der Waals surface area contributed by atoms with E-state index in [0.717, 1.165) is 0 Å². The second kappa shape index (κ2) is 5.77. The van der Waals surface area contributed by atoms with Crippen LogP contribution in [0.25, 0.3) is 0 Å². The number of amides is 1. The first-order valence-corrected chi connectivity index (χ1v) is 5.81. The molecule has 1 aromatic rings. The second-order valence-corrected chi connectivity index (χ2v) is 4.61. The Balaban J connectivity index is 2.70. The summed E-state index contributed by atoms with van der Waals surface area (Å²) in [6.45, 7) is 1.73. The Morgan fingerprint density at radius 3 is 2.65 bits per heavy atom. The molecule has 0 bridgehead atoms. The van der Waals surface area contributed by atoms with Crippen molar-refractivity contribution in [3.63, 3.8) is 0 Å². The molecule has 1 rings (SSSR count). The van der Waals surface area contributed by atoms with Crippen molar-refractivity contribution >= 4 is 27.8 Å². The van der Waals surface area contributed by atoms with Crippen LogP contribution < -0.4 is 0 Å². The Labute approximate surface area is 108 Å². The summed E-state index contributed by atoms with van der Waals surface area (Å²) < 4.78 is 0.649. The van der Waals surface area contributed by atoms with Crippen LogP contribution in [0.5, 0.6) is 0 Å². The fourth-order valence-electron chi connectivity index (χ4n) is 1.29. The molecule has 5 nitrogen and oxygen atoms in total. The number of carboxylic acid groups (broad SMARTS) is 1. The summed E-state index contributed by atoms with van der Waals surface area (Å²) in [5.41, 5.74) is 0.438. The number of carbonyl (C=O) groups is 2. The average Bonchev–Trinajstić information content (AvgIpc) is 2.28. The first-order chi connectivity index (χ1) is 7.91. The molecule has 1 aromatic heterocycles. The number of hydrogen-bond donors (Lipinski definition) is 1. The molecule has 1 unspecified atom stereocenters. The minimum Gasteiger partial charge on any atom is -0.481 e. The molecule has 0 spiro atoms. The zero-order chi connectivity index (χ0) is 13.0. The van der Waals surface area contributed by atoms with Crippen LogP contribution in [0.4, 0.5) is 0 Å². The lowest BCUT2D eigenvalue weighted by Gasteiger charge is -2.19. The monoisotopic (exact) mass is 300 g/mol. The maximum Gasteiger partial charge on any atom is 0.308 e. The molecule has 0 aliphatic carbocycles. The van der Waals surface area contributed by atoms with E-state index < -0.39 is 11.9 Å². The van der Waals surface area contributed by atoms with E-state index in [1.54, 1.807) is 26.1 Å². The molecule has 0 aliphatic heterocycles. The van der Waals surface area contributed by atoms with Gasteiger partial charge in [0, 0.05) is 19.8 Å². The molecule has 1 N–H and O–H groups in total. The highest BCUT2D eigenvalue weighted by Gasteiger charge is 2.18. The first kappa shape index (κ1) is 13.6. The van der Waals surface area contributed by atoms with Crippen molar-refractivity contribution in [3.05, 3.63) is 28.5 Å². The summed E-state index contributed by atoms with van der Waals surface area (Å²) in [5, 5.41) is 8.76. The van der Waals surface area contributed by atoms with Crippen LogP contribution in [0.3, 0.4) is 0 Å². The third kappa shape index (κ3) is 3.81. The summed E-state index contributed by atoms with van der Waals surface area (Å²) in [6.07, 6.45) is 1.45. The molecule has 0 saturated heterocycles. The van der Waals surface area contributed by atoms with Gasteiger partial charge in [0.1, 0.15) is 4.60 Å². The van der Waals surface area contributed by atoms with E-state index in [1.165, 1.54) is 11.1 Å². The number of aromatic nitrogens is 1. The van der Waals surface area contributed by atoms with E-state index >= 15 is 0 Å². The van der Waals surface area contributed by atoms with Crippen molar-refractivity contribution in [1.29, 1.82) is 0 Å². The van der Waals surface area contributed by atoms with Gasteiger partial charge in [0.2, 0.25) is 0 Å². The van der Waals surface area contributed by atoms with Gasteiger partial charge < -0.3 is 10.0 Å². The van der Waals surface area contributed by atoms with Gasteiger partial charge >= 0.3 is 5.97 Å². The highest BCUT2D eigenvalue weighted by molar-refractivity contribution is 9.10. The van der Waals surface area contributed by atoms with Gasteiger partial charge in [0.15, 0.2) is 0 Å². The third-order valence-corrected chi connectivity index (χ3v) is 2.76. The average molecular weight is 301 g/mol. The molecule has 0 aromatic carbocycles. The molecular formula is C11H13BrN2O3. The van der Waals surface area contributed by atoms with Crippen LogP contribution in [-0.4, -0.2) is 40.5 Å². The molecule has 0 fully saturated rings. The van der Waals surface area contributed by atoms with E-state index in [2.05, 4.69) is 20.9 Å². The number of nitrogens with zero attached hydrogens (tertiary/aromatic N) is 2. The fraction of sp³-hybridized carbons (Fsp3) is 0.364. The Bertz CT molecular complexity index is 419.